The molecule has 1 atom stereocenters. The predicted molar refractivity (Wildman–Crippen MR) is 52.1 cm³/mol. The summed E-state index contributed by atoms with van der Waals surface area (Å²) in [6.45, 7) is 2.62. The van der Waals surface area contributed by atoms with Crippen molar-refractivity contribution in [1.29, 1.82) is 0 Å². The highest BCUT2D eigenvalue weighted by atomic mass is 15.2. The average molecular weight is 163 g/mol. The number of nitrogens with zero attached hydrogens (tertiary/aromatic N) is 1. The van der Waals surface area contributed by atoms with Crippen LogP contribution in [0.4, 0.5) is 0 Å². The fourth-order valence-corrected chi connectivity index (χ4v) is 2.09. The molecule has 1 heteroatoms. The number of hydrogen-bond acceptors (Lipinski definition) is 1. The van der Waals surface area contributed by atoms with Crippen LogP contribution in [0.1, 0.15) is 25.7 Å². The summed E-state index contributed by atoms with van der Waals surface area (Å²) in [6.07, 6.45) is 14.4. The van der Waals surface area contributed by atoms with Crippen LogP contribution in [0.15, 0.2) is 24.3 Å². The van der Waals surface area contributed by atoms with Crippen LogP contribution in [0.2, 0.25) is 0 Å². The second-order valence-corrected chi connectivity index (χ2v) is 3.71. The Labute approximate surface area is 74.8 Å². The zero-order chi connectivity index (χ0) is 8.23. The number of likely N-dealkylation sites (tertiary alicyclic amines) is 1. The first kappa shape index (κ1) is 8.06. The van der Waals surface area contributed by atoms with Crippen LogP contribution in [0.25, 0.3) is 0 Å². The molecule has 1 aliphatic heterocycles. The van der Waals surface area contributed by atoms with E-state index in [9.17, 15) is 0 Å². The molecule has 1 heterocycles. The molecule has 0 aromatic rings. The quantitative estimate of drug-likeness (QED) is 0.573. The zero-order valence-electron chi connectivity index (χ0n) is 7.58. The Morgan fingerprint density at radius 1 is 1.00 bits per heavy atom. The lowest BCUT2D eigenvalue weighted by Gasteiger charge is -2.33. The maximum atomic E-state index is 2.61. The Kier molecular flexibility index (Phi) is 2.62. The summed E-state index contributed by atoms with van der Waals surface area (Å²) in [5.41, 5.74) is 0. The first-order valence-corrected chi connectivity index (χ1v) is 5.04. The molecular formula is C11H17N. The molecule has 1 saturated heterocycles. The van der Waals surface area contributed by atoms with Crippen molar-refractivity contribution in [3.05, 3.63) is 24.3 Å². The largest absolute Gasteiger partial charge is 0.297 e. The summed E-state index contributed by atoms with van der Waals surface area (Å²) >= 11 is 0. The van der Waals surface area contributed by atoms with Crippen molar-refractivity contribution in [3.8, 4) is 0 Å². The molecule has 1 fully saturated rings. The van der Waals surface area contributed by atoms with E-state index >= 15 is 0 Å². The molecule has 0 amide bonds. The molecule has 0 spiro atoms. The molecule has 0 radical (unpaired) electrons. The van der Waals surface area contributed by atoms with Crippen LogP contribution >= 0.6 is 0 Å². The van der Waals surface area contributed by atoms with Crippen molar-refractivity contribution < 1.29 is 0 Å². The van der Waals surface area contributed by atoms with Gasteiger partial charge in [-0.1, -0.05) is 30.7 Å². The zero-order valence-corrected chi connectivity index (χ0v) is 7.58. The van der Waals surface area contributed by atoms with E-state index < -0.39 is 0 Å². The topological polar surface area (TPSA) is 3.24 Å². The van der Waals surface area contributed by atoms with Crippen molar-refractivity contribution >= 4 is 0 Å². The van der Waals surface area contributed by atoms with Gasteiger partial charge < -0.3 is 0 Å². The third-order valence-electron chi connectivity index (χ3n) is 2.82. The Hall–Kier alpha value is -0.560. The predicted octanol–water partition coefficient (Wildman–Crippen LogP) is 2.36. The van der Waals surface area contributed by atoms with Gasteiger partial charge in [0.15, 0.2) is 0 Å². The lowest BCUT2D eigenvalue weighted by molar-refractivity contribution is 0.191. The van der Waals surface area contributed by atoms with Gasteiger partial charge in [-0.2, -0.15) is 0 Å². The van der Waals surface area contributed by atoms with Gasteiger partial charge in [0, 0.05) is 6.04 Å². The number of rotatable bonds is 1. The summed E-state index contributed by atoms with van der Waals surface area (Å²) in [5, 5.41) is 0. The van der Waals surface area contributed by atoms with Crippen LogP contribution in [-0.2, 0) is 0 Å². The van der Waals surface area contributed by atoms with Gasteiger partial charge in [-0.15, -0.1) is 0 Å². The van der Waals surface area contributed by atoms with Gasteiger partial charge in [-0.05, 0) is 32.4 Å². The first-order chi connectivity index (χ1) is 5.97. The smallest absolute Gasteiger partial charge is 0.0315 e. The lowest BCUT2D eigenvalue weighted by Crippen LogP contribution is -2.38. The van der Waals surface area contributed by atoms with E-state index in [0.29, 0.717) is 6.04 Å². The molecule has 2 aliphatic rings. The highest BCUT2D eigenvalue weighted by molar-refractivity contribution is 5.13. The van der Waals surface area contributed by atoms with Crippen molar-refractivity contribution in [1.82, 2.24) is 4.90 Å². The molecule has 66 valence electrons. The number of piperidine rings is 1. The van der Waals surface area contributed by atoms with E-state index in [1.165, 1.54) is 38.8 Å². The molecule has 12 heavy (non-hydrogen) atoms. The van der Waals surface area contributed by atoms with Crippen molar-refractivity contribution in [2.45, 2.75) is 31.7 Å². The van der Waals surface area contributed by atoms with E-state index in [1.54, 1.807) is 0 Å². The fourth-order valence-electron chi connectivity index (χ4n) is 2.09. The number of allylic oxidation sites excluding steroid dienone is 2. The lowest BCUT2D eigenvalue weighted by atomic mass is 10.0. The third-order valence-corrected chi connectivity index (χ3v) is 2.82. The van der Waals surface area contributed by atoms with Crippen LogP contribution in [0.5, 0.6) is 0 Å². The molecule has 0 aromatic heterocycles. The van der Waals surface area contributed by atoms with Gasteiger partial charge in [-0.3, -0.25) is 4.90 Å². The molecule has 1 unspecified atom stereocenters. The van der Waals surface area contributed by atoms with Crippen LogP contribution in [0.3, 0.4) is 0 Å². The minimum Gasteiger partial charge on any atom is -0.297 e. The number of hydrogen-bond donors (Lipinski definition) is 0. The summed E-state index contributed by atoms with van der Waals surface area (Å²) in [5.74, 6) is 0. The maximum Gasteiger partial charge on any atom is 0.0315 e. The van der Waals surface area contributed by atoms with Crippen LogP contribution in [-0.4, -0.2) is 24.0 Å². The first-order valence-electron chi connectivity index (χ1n) is 5.04. The van der Waals surface area contributed by atoms with Crippen molar-refractivity contribution in [2.75, 3.05) is 13.1 Å². The molecule has 0 saturated carbocycles. The van der Waals surface area contributed by atoms with Gasteiger partial charge >= 0.3 is 0 Å². The highest BCUT2D eigenvalue weighted by Crippen LogP contribution is 2.17. The van der Waals surface area contributed by atoms with Crippen molar-refractivity contribution in [3.63, 3.8) is 0 Å². The molecule has 2 rings (SSSR count). The summed E-state index contributed by atoms with van der Waals surface area (Å²) < 4.78 is 0. The van der Waals surface area contributed by atoms with E-state index in [2.05, 4.69) is 29.2 Å². The standard InChI is InChI=1S/C11H17N/c1-3-7-11(8-4-1)12-9-5-2-6-10-12/h1,3-4,7,11H,2,5-6,8-10H2. The van der Waals surface area contributed by atoms with E-state index in [1.807, 2.05) is 0 Å². The monoisotopic (exact) mass is 163 g/mol. The van der Waals surface area contributed by atoms with Gasteiger partial charge in [0.1, 0.15) is 0 Å². The van der Waals surface area contributed by atoms with E-state index in [0.717, 1.165) is 0 Å². The Morgan fingerprint density at radius 2 is 1.83 bits per heavy atom. The minimum atomic E-state index is 0.704. The molecule has 0 bridgehead atoms. The Morgan fingerprint density at radius 3 is 2.50 bits per heavy atom. The highest BCUT2D eigenvalue weighted by Gasteiger charge is 2.17. The average Bonchev–Trinajstić information content (AvgIpc) is 2.21. The second-order valence-electron chi connectivity index (χ2n) is 3.71. The molecule has 0 N–H and O–H groups in total. The van der Waals surface area contributed by atoms with Gasteiger partial charge in [0.25, 0.3) is 0 Å². The van der Waals surface area contributed by atoms with Gasteiger partial charge in [0.05, 0.1) is 0 Å². The molecular weight excluding hydrogens is 146 g/mol. The summed E-state index contributed by atoms with van der Waals surface area (Å²) in [4.78, 5) is 2.61. The van der Waals surface area contributed by atoms with Crippen LogP contribution < -0.4 is 0 Å². The molecule has 1 aliphatic carbocycles. The van der Waals surface area contributed by atoms with Crippen molar-refractivity contribution in [2.24, 2.45) is 0 Å². The van der Waals surface area contributed by atoms with E-state index in [4.69, 9.17) is 0 Å². The second kappa shape index (κ2) is 3.90. The summed E-state index contributed by atoms with van der Waals surface area (Å²) in [6, 6.07) is 0.704. The molecule has 0 aromatic carbocycles. The Bertz CT molecular complexity index is 187. The van der Waals surface area contributed by atoms with Gasteiger partial charge in [0.2, 0.25) is 0 Å². The summed E-state index contributed by atoms with van der Waals surface area (Å²) in [7, 11) is 0. The SMILES string of the molecule is C1=CCC(N2CCCCC2)C=C1. The Balaban J connectivity index is 1.90. The van der Waals surface area contributed by atoms with E-state index in [-0.39, 0.29) is 0 Å². The molecule has 1 nitrogen and oxygen atoms in total. The van der Waals surface area contributed by atoms with Gasteiger partial charge in [-0.25, -0.2) is 0 Å². The van der Waals surface area contributed by atoms with Crippen LogP contribution in [0, 0.1) is 0 Å². The maximum absolute atomic E-state index is 2.61. The fraction of sp³-hybridized carbons (Fsp3) is 0.636. The minimum absolute atomic E-state index is 0.704. The third kappa shape index (κ3) is 1.78. The normalized spacial score (nSPS) is 30.8.